The molecule has 2 saturated carbocycles. The Labute approximate surface area is 157 Å². The lowest BCUT2D eigenvalue weighted by atomic mass is 9.76. The molecule has 5 nitrogen and oxygen atoms in total. The van der Waals surface area contributed by atoms with E-state index in [1.165, 1.54) is 38.5 Å². The van der Waals surface area contributed by atoms with Gasteiger partial charge in [0, 0.05) is 25.2 Å². The third kappa shape index (κ3) is 4.80. The highest BCUT2D eigenvalue weighted by Gasteiger charge is 2.41. The number of ether oxygens (including phenoxy) is 2. The lowest BCUT2D eigenvalue weighted by Gasteiger charge is -2.39. The molecule has 2 aliphatic carbocycles. The molecule has 26 heavy (non-hydrogen) atoms. The van der Waals surface area contributed by atoms with Crippen molar-refractivity contribution in [3.05, 3.63) is 11.8 Å². The van der Waals surface area contributed by atoms with Gasteiger partial charge >= 0.3 is 0 Å². The number of allylic oxidation sites excluding steroid dienone is 1. The number of hydrogen-bond donors (Lipinski definition) is 2. The average Bonchev–Trinajstić information content (AvgIpc) is 3.34. The Morgan fingerprint density at radius 1 is 1.23 bits per heavy atom. The highest BCUT2D eigenvalue weighted by atomic mass is 16.7. The summed E-state index contributed by atoms with van der Waals surface area (Å²) in [5, 5.41) is 12.5. The molecule has 2 N–H and O–H groups in total. The molecule has 1 amide bonds. The second-order valence-electron chi connectivity index (χ2n) is 8.08. The molecule has 1 heterocycles. The Kier molecular flexibility index (Phi) is 7.38. The van der Waals surface area contributed by atoms with Crippen molar-refractivity contribution in [2.24, 2.45) is 17.8 Å². The molecule has 3 atom stereocenters. The topological polar surface area (TPSA) is 67.8 Å². The van der Waals surface area contributed by atoms with Crippen LogP contribution in [0.4, 0.5) is 0 Å². The summed E-state index contributed by atoms with van der Waals surface area (Å²) in [4.78, 5) is 12.8. The molecule has 0 bridgehead atoms. The summed E-state index contributed by atoms with van der Waals surface area (Å²) in [6, 6.07) is 0.287. The maximum absolute atomic E-state index is 12.8. The number of rotatable bonds is 8. The van der Waals surface area contributed by atoms with Crippen molar-refractivity contribution in [3.8, 4) is 0 Å². The van der Waals surface area contributed by atoms with Crippen LogP contribution in [0.3, 0.4) is 0 Å². The molecule has 2 fully saturated rings. The fraction of sp³-hybridized carbons (Fsp3) is 0.857. The van der Waals surface area contributed by atoms with Gasteiger partial charge in [-0.25, -0.2) is 0 Å². The number of aliphatic hydroxyl groups is 1. The third-order valence-electron chi connectivity index (χ3n) is 6.32. The van der Waals surface area contributed by atoms with E-state index in [2.05, 4.69) is 11.4 Å². The van der Waals surface area contributed by atoms with Gasteiger partial charge in [-0.3, -0.25) is 4.79 Å². The third-order valence-corrected chi connectivity index (χ3v) is 6.32. The lowest BCUT2D eigenvalue weighted by Crippen LogP contribution is -2.43. The van der Waals surface area contributed by atoms with Crippen LogP contribution in [-0.4, -0.2) is 36.6 Å². The van der Waals surface area contributed by atoms with Crippen molar-refractivity contribution in [2.75, 3.05) is 13.2 Å². The van der Waals surface area contributed by atoms with E-state index in [1.807, 2.05) is 6.92 Å². The number of hydrogen-bond acceptors (Lipinski definition) is 4. The zero-order valence-corrected chi connectivity index (χ0v) is 16.1. The number of carbonyl (C=O) groups excluding carboxylic acids is 1. The number of carbonyl (C=O) groups is 1. The van der Waals surface area contributed by atoms with Crippen molar-refractivity contribution in [1.82, 2.24) is 5.32 Å². The van der Waals surface area contributed by atoms with Crippen LogP contribution in [0.1, 0.15) is 71.1 Å². The van der Waals surface area contributed by atoms with Crippen LogP contribution in [-0.2, 0) is 14.3 Å². The van der Waals surface area contributed by atoms with E-state index in [-0.39, 0.29) is 30.8 Å². The standard InChI is InChI=1S/C21H35NO4/c1-2-25-21-17(12-7-13-23)18(15-8-3-4-9-15)14-19(26-21)20(24)22-16-10-5-6-11-16/h14-18,21,23H,2-13H2,1H3,(H,22,24)/t17-,18+,21+/m1/s1. The molecule has 0 radical (unpaired) electrons. The number of nitrogens with one attached hydrogen (secondary N) is 1. The monoisotopic (exact) mass is 365 g/mol. The highest BCUT2D eigenvalue weighted by Crippen LogP contribution is 2.43. The van der Waals surface area contributed by atoms with Crippen molar-refractivity contribution in [1.29, 1.82) is 0 Å². The molecule has 0 aromatic heterocycles. The van der Waals surface area contributed by atoms with Crippen molar-refractivity contribution < 1.29 is 19.4 Å². The highest BCUT2D eigenvalue weighted by molar-refractivity contribution is 5.91. The summed E-state index contributed by atoms with van der Waals surface area (Å²) in [5.41, 5.74) is 0. The van der Waals surface area contributed by atoms with Crippen LogP contribution < -0.4 is 5.32 Å². The van der Waals surface area contributed by atoms with Gasteiger partial charge in [-0.15, -0.1) is 0 Å². The molecular formula is C21H35NO4. The Balaban J connectivity index is 1.77. The van der Waals surface area contributed by atoms with E-state index in [1.54, 1.807) is 0 Å². The van der Waals surface area contributed by atoms with E-state index in [4.69, 9.17) is 9.47 Å². The largest absolute Gasteiger partial charge is 0.459 e. The maximum Gasteiger partial charge on any atom is 0.286 e. The van der Waals surface area contributed by atoms with Crippen LogP contribution in [0.15, 0.2) is 11.8 Å². The van der Waals surface area contributed by atoms with Crippen LogP contribution >= 0.6 is 0 Å². The molecule has 0 spiro atoms. The van der Waals surface area contributed by atoms with Gasteiger partial charge < -0.3 is 19.9 Å². The zero-order valence-electron chi connectivity index (χ0n) is 16.1. The minimum absolute atomic E-state index is 0.0785. The van der Waals surface area contributed by atoms with Crippen LogP contribution in [0.25, 0.3) is 0 Å². The first-order chi connectivity index (χ1) is 12.7. The van der Waals surface area contributed by atoms with E-state index in [0.717, 1.165) is 25.7 Å². The zero-order chi connectivity index (χ0) is 18.4. The van der Waals surface area contributed by atoms with Gasteiger partial charge in [0.05, 0.1) is 0 Å². The summed E-state index contributed by atoms with van der Waals surface area (Å²) in [6.07, 6.45) is 12.8. The number of aliphatic hydroxyl groups excluding tert-OH is 1. The predicted octanol–water partition coefficient (Wildman–Crippen LogP) is 3.52. The first kappa shape index (κ1) is 19.7. The van der Waals surface area contributed by atoms with Gasteiger partial charge in [0.2, 0.25) is 6.29 Å². The molecular weight excluding hydrogens is 330 g/mol. The van der Waals surface area contributed by atoms with Crippen molar-refractivity contribution in [3.63, 3.8) is 0 Å². The summed E-state index contributed by atoms with van der Waals surface area (Å²) in [7, 11) is 0. The van der Waals surface area contributed by atoms with E-state index in [0.29, 0.717) is 24.2 Å². The molecule has 1 aliphatic heterocycles. The van der Waals surface area contributed by atoms with E-state index >= 15 is 0 Å². The molecule has 0 aromatic carbocycles. The van der Waals surface area contributed by atoms with Gasteiger partial charge in [-0.2, -0.15) is 0 Å². The maximum atomic E-state index is 12.8. The fourth-order valence-corrected chi connectivity index (χ4v) is 4.99. The molecule has 0 saturated heterocycles. The first-order valence-corrected chi connectivity index (χ1v) is 10.6. The summed E-state index contributed by atoms with van der Waals surface area (Å²) < 4.78 is 12.0. The summed E-state index contributed by atoms with van der Waals surface area (Å²) in [5.74, 6) is 1.49. The molecule has 0 unspecified atom stereocenters. The van der Waals surface area contributed by atoms with E-state index in [9.17, 15) is 9.90 Å². The van der Waals surface area contributed by atoms with Gasteiger partial charge in [-0.1, -0.05) is 25.7 Å². The molecule has 3 rings (SSSR count). The van der Waals surface area contributed by atoms with Gasteiger partial charge in [-0.05, 0) is 63.4 Å². The second-order valence-corrected chi connectivity index (χ2v) is 8.08. The minimum atomic E-state index is -0.383. The minimum Gasteiger partial charge on any atom is -0.459 e. The Hall–Kier alpha value is -1.07. The Bertz CT molecular complexity index is 480. The lowest BCUT2D eigenvalue weighted by molar-refractivity contribution is -0.176. The number of amides is 1. The van der Waals surface area contributed by atoms with Crippen molar-refractivity contribution in [2.45, 2.75) is 83.5 Å². The smallest absolute Gasteiger partial charge is 0.286 e. The molecule has 148 valence electrons. The fourth-order valence-electron chi connectivity index (χ4n) is 4.99. The normalized spacial score (nSPS) is 30.2. The predicted molar refractivity (Wildman–Crippen MR) is 100 cm³/mol. The SMILES string of the molecule is CCO[C@H]1OC(C(=O)NC2CCCC2)=C[C@@H](C2CCCC2)[C@H]1CCCO. The van der Waals surface area contributed by atoms with Gasteiger partial charge in [0.15, 0.2) is 5.76 Å². The van der Waals surface area contributed by atoms with Crippen molar-refractivity contribution >= 4 is 5.91 Å². The second kappa shape index (κ2) is 9.75. The van der Waals surface area contributed by atoms with Gasteiger partial charge in [0.1, 0.15) is 0 Å². The Morgan fingerprint density at radius 3 is 2.58 bits per heavy atom. The summed E-state index contributed by atoms with van der Waals surface area (Å²) >= 11 is 0. The van der Waals surface area contributed by atoms with Gasteiger partial charge in [0.25, 0.3) is 5.91 Å². The van der Waals surface area contributed by atoms with Crippen LogP contribution in [0.5, 0.6) is 0 Å². The molecule has 5 heteroatoms. The molecule has 3 aliphatic rings. The quantitative estimate of drug-likeness (QED) is 0.691. The average molecular weight is 366 g/mol. The molecule has 0 aromatic rings. The van der Waals surface area contributed by atoms with Crippen LogP contribution in [0.2, 0.25) is 0 Å². The Morgan fingerprint density at radius 2 is 1.92 bits per heavy atom. The summed E-state index contributed by atoms with van der Waals surface area (Å²) in [6.45, 7) is 2.72. The first-order valence-electron chi connectivity index (χ1n) is 10.6. The van der Waals surface area contributed by atoms with E-state index < -0.39 is 0 Å². The van der Waals surface area contributed by atoms with Crippen LogP contribution in [0, 0.1) is 17.8 Å².